The molecule has 0 fully saturated rings. The third-order valence-electron chi connectivity index (χ3n) is 3.83. The molecular formula is C19H20N2O4. The van der Waals surface area contributed by atoms with Crippen molar-refractivity contribution in [3.05, 3.63) is 53.6 Å². The molecule has 1 aliphatic heterocycles. The molecule has 2 aromatic rings. The van der Waals surface area contributed by atoms with E-state index in [1.807, 2.05) is 25.1 Å². The largest absolute Gasteiger partial charge is 0.454 e. The number of ether oxygens (including phenoxy) is 2. The lowest BCUT2D eigenvalue weighted by Gasteiger charge is -2.08. The fourth-order valence-corrected chi connectivity index (χ4v) is 2.57. The molecule has 0 aliphatic carbocycles. The van der Waals surface area contributed by atoms with Crippen LogP contribution >= 0.6 is 0 Å². The van der Waals surface area contributed by atoms with Gasteiger partial charge in [0.15, 0.2) is 11.5 Å². The van der Waals surface area contributed by atoms with Crippen LogP contribution in [0.5, 0.6) is 11.5 Å². The van der Waals surface area contributed by atoms with Gasteiger partial charge in [-0.3, -0.25) is 9.59 Å². The summed E-state index contributed by atoms with van der Waals surface area (Å²) in [7, 11) is 0. The van der Waals surface area contributed by atoms with Crippen LogP contribution < -0.4 is 20.1 Å². The first-order valence-corrected chi connectivity index (χ1v) is 8.12. The van der Waals surface area contributed by atoms with Crippen LogP contribution in [0.25, 0.3) is 0 Å². The lowest BCUT2D eigenvalue weighted by atomic mass is 10.1. The summed E-state index contributed by atoms with van der Waals surface area (Å²) in [5.74, 6) is 0.813. The number of fused-ring (bicyclic) bond motifs is 1. The highest BCUT2D eigenvalue weighted by Crippen LogP contribution is 2.34. The standard InChI is InChI=1S/C19H20N2O4/c1-13-3-2-4-14(9-13)5-8-18(22)20-11-19(23)21-15-6-7-16-17(10-15)25-12-24-16/h2-4,6-7,9-10H,5,8,11-12H2,1H3,(H,20,22)(H,21,23). The van der Waals surface area contributed by atoms with E-state index in [1.54, 1.807) is 18.2 Å². The molecule has 0 saturated heterocycles. The minimum absolute atomic E-state index is 0.0684. The Morgan fingerprint density at radius 2 is 1.88 bits per heavy atom. The van der Waals surface area contributed by atoms with E-state index in [9.17, 15) is 9.59 Å². The third-order valence-corrected chi connectivity index (χ3v) is 3.83. The first-order chi connectivity index (χ1) is 12.1. The smallest absolute Gasteiger partial charge is 0.243 e. The normalized spacial score (nSPS) is 11.9. The van der Waals surface area contributed by atoms with Crippen LogP contribution in [0.4, 0.5) is 5.69 Å². The predicted molar refractivity (Wildman–Crippen MR) is 93.7 cm³/mol. The van der Waals surface area contributed by atoms with Crippen molar-refractivity contribution in [2.45, 2.75) is 19.8 Å². The van der Waals surface area contributed by atoms with Gasteiger partial charge in [-0.05, 0) is 31.0 Å². The highest BCUT2D eigenvalue weighted by atomic mass is 16.7. The summed E-state index contributed by atoms with van der Waals surface area (Å²) in [5, 5.41) is 5.35. The zero-order chi connectivity index (χ0) is 17.6. The number of carbonyl (C=O) groups excluding carboxylic acids is 2. The SMILES string of the molecule is Cc1cccc(CCC(=O)NCC(=O)Nc2ccc3c(c2)OCO3)c1. The van der Waals surface area contributed by atoms with Gasteiger partial charge < -0.3 is 20.1 Å². The van der Waals surface area contributed by atoms with Gasteiger partial charge >= 0.3 is 0 Å². The van der Waals surface area contributed by atoms with Crippen LogP contribution in [0.15, 0.2) is 42.5 Å². The number of rotatable bonds is 6. The van der Waals surface area contributed by atoms with E-state index in [2.05, 4.69) is 16.7 Å². The summed E-state index contributed by atoms with van der Waals surface area (Å²) in [6.45, 7) is 2.13. The molecule has 1 heterocycles. The van der Waals surface area contributed by atoms with Crippen molar-refractivity contribution in [3.63, 3.8) is 0 Å². The summed E-state index contributed by atoms with van der Waals surface area (Å²) < 4.78 is 10.5. The van der Waals surface area contributed by atoms with E-state index in [-0.39, 0.29) is 25.2 Å². The van der Waals surface area contributed by atoms with Gasteiger partial charge in [-0.15, -0.1) is 0 Å². The van der Waals surface area contributed by atoms with Crippen LogP contribution in [-0.4, -0.2) is 25.2 Å². The van der Waals surface area contributed by atoms with Crippen LogP contribution in [0, 0.1) is 6.92 Å². The summed E-state index contributed by atoms with van der Waals surface area (Å²) in [4.78, 5) is 23.8. The number of aryl methyl sites for hydroxylation is 2. The Morgan fingerprint density at radius 1 is 1.04 bits per heavy atom. The molecule has 0 radical (unpaired) electrons. The van der Waals surface area contributed by atoms with E-state index in [0.29, 0.717) is 30.0 Å². The van der Waals surface area contributed by atoms with E-state index in [1.165, 1.54) is 5.56 Å². The van der Waals surface area contributed by atoms with Crippen molar-refractivity contribution in [3.8, 4) is 11.5 Å². The van der Waals surface area contributed by atoms with Gasteiger partial charge in [0, 0.05) is 18.2 Å². The predicted octanol–water partition coefficient (Wildman–Crippen LogP) is 2.41. The number of benzene rings is 2. The Morgan fingerprint density at radius 3 is 2.72 bits per heavy atom. The molecule has 0 saturated carbocycles. The molecule has 3 rings (SSSR count). The Balaban J connectivity index is 1.42. The number of amides is 2. The molecule has 6 heteroatoms. The van der Waals surface area contributed by atoms with Gasteiger partial charge in [-0.1, -0.05) is 29.8 Å². The van der Waals surface area contributed by atoms with E-state index >= 15 is 0 Å². The van der Waals surface area contributed by atoms with Crippen molar-refractivity contribution in [2.75, 3.05) is 18.7 Å². The Labute approximate surface area is 146 Å². The fourth-order valence-electron chi connectivity index (χ4n) is 2.57. The average molecular weight is 340 g/mol. The highest BCUT2D eigenvalue weighted by Gasteiger charge is 2.14. The van der Waals surface area contributed by atoms with Crippen molar-refractivity contribution in [1.29, 1.82) is 0 Å². The molecular weight excluding hydrogens is 320 g/mol. The highest BCUT2D eigenvalue weighted by molar-refractivity contribution is 5.94. The molecule has 2 aromatic carbocycles. The molecule has 0 atom stereocenters. The minimum atomic E-state index is -0.289. The topological polar surface area (TPSA) is 76.7 Å². The zero-order valence-corrected chi connectivity index (χ0v) is 14.0. The Kier molecular flexibility index (Phi) is 5.18. The molecule has 0 aromatic heterocycles. The van der Waals surface area contributed by atoms with Gasteiger partial charge in [0.05, 0.1) is 6.54 Å². The lowest BCUT2D eigenvalue weighted by Crippen LogP contribution is -2.32. The number of hydrogen-bond donors (Lipinski definition) is 2. The molecule has 25 heavy (non-hydrogen) atoms. The van der Waals surface area contributed by atoms with Crippen LogP contribution in [0.1, 0.15) is 17.5 Å². The monoisotopic (exact) mass is 340 g/mol. The molecule has 2 amide bonds. The van der Waals surface area contributed by atoms with E-state index in [4.69, 9.17) is 9.47 Å². The van der Waals surface area contributed by atoms with Gasteiger partial charge in [-0.2, -0.15) is 0 Å². The number of carbonyl (C=O) groups is 2. The van der Waals surface area contributed by atoms with Crippen molar-refractivity contribution in [2.24, 2.45) is 0 Å². The van der Waals surface area contributed by atoms with Gasteiger partial charge in [0.2, 0.25) is 18.6 Å². The van der Waals surface area contributed by atoms with E-state index < -0.39 is 0 Å². The maximum Gasteiger partial charge on any atom is 0.243 e. The van der Waals surface area contributed by atoms with Crippen molar-refractivity contribution in [1.82, 2.24) is 5.32 Å². The molecule has 2 N–H and O–H groups in total. The lowest BCUT2D eigenvalue weighted by molar-refractivity contribution is -0.124. The van der Waals surface area contributed by atoms with Crippen molar-refractivity contribution < 1.29 is 19.1 Å². The molecule has 0 bridgehead atoms. The number of hydrogen-bond acceptors (Lipinski definition) is 4. The molecule has 0 spiro atoms. The first kappa shape index (κ1) is 16.8. The maximum absolute atomic E-state index is 11.9. The Bertz CT molecular complexity index is 789. The molecule has 130 valence electrons. The van der Waals surface area contributed by atoms with Crippen LogP contribution in [0.3, 0.4) is 0 Å². The third kappa shape index (κ3) is 4.73. The van der Waals surface area contributed by atoms with Crippen LogP contribution in [-0.2, 0) is 16.0 Å². The van der Waals surface area contributed by atoms with E-state index in [0.717, 1.165) is 5.56 Å². The zero-order valence-electron chi connectivity index (χ0n) is 14.0. The maximum atomic E-state index is 11.9. The summed E-state index contributed by atoms with van der Waals surface area (Å²) in [6.07, 6.45) is 0.998. The quantitative estimate of drug-likeness (QED) is 0.847. The summed E-state index contributed by atoms with van der Waals surface area (Å²) >= 11 is 0. The minimum Gasteiger partial charge on any atom is -0.454 e. The second kappa shape index (κ2) is 7.70. The molecule has 0 unspecified atom stereocenters. The average Bonchev–Trinajstić information content (AvgIpc) is 3.06. The Hall–Kier alpha value is -3.02. The second-order valence-corrected chi connectivity index (χ2v) is 5.88. The van der Waals surface area contributed by atoms with Gasteiger partial charge in [0.25, 0.3) is 0 Å². The number of nitrogens with one attached hydrogen (secondary N) is 2. The van der Waals surface area contributed by atoms with Crippen molar-refractivity contribution >= 4 is 17.5 Å². The number of anilines is 1. The first-order valence-electron chi connectivity index (χ1n) is 8.12. The molecule has 1 aliphatic rings. The van der Waals surface area contributed by atoms with Crippen LogP contribution in [0.2, 0.25) is 0 Å². The van der Waals surface area contributed by atoms with Gasteiger partial charge in [-0.25, -0.2) is 0 Å². The van der Waals surface area contributed by atoms with Gasteiger partial charge in [0.1, 0.15) is 0 Å². The fraction of sp³-hybridized carbons (Fsp3) is 0.263. The summed E-state index contributed by atoms with van der Waals surface area (Å²) in [5.41, 5.74) is 2.88. The summed E-state index contributed by atoms with van der Waals surface area (Å²) in [6, 6.07) is 13.2. The second-order valence-electron chi connectivity index (χ2n) is 5.88. The molecule has 6 nitrogen and oxygen atoms in total.